The Kier molecular flexibility index (Phi) is 7.36. The molecule has 0 atom stereocenters. The fourth-order valence-corrected chi connectivity index (χ4v) is 11.0. The maximum absolute atomic E-state index is 2.60. The molecule has 1 aromatic heterocycles. The second kappa shape index (κ2) is 12.7. The van der Waals surface area contributed by atoms with Crippen molar-refractivity contribution in [2.45, 2.75) is 38.5 Å². The molecule has 2 nitrogen and oxygen atoms in total. The molecule has 10 aromatic rings. The van der Waals surface area contributed by atoms with Crippen LogP contribution in [0.1, 0.15) is 49.9 Å². The normalized spacial score (nSPS) is 14.3. The lowest BCUT2D eigenvalue weighted by Gasteiger charge is -2.32. The highest BCUT2D eigenvalue weighted by atomic mass is 15.2. The minimum Gasteiger partial charge on any atom is -0.309 e. The molecule has 0 bridgehead atoms. The first-order valence-electron chi connectivity index (χ1n) is 21.2. The van der Waals surface area contributed by atoms with Crippen LogP contribution in [0.2, 0.25) is 0 Å². The molecule has 0 fully saturated rings. The van der Waals surface area contributed by atoms with Gasteiger partial charge in [-0.3, -0.25) is 0 Å². The summed E-state index contributed by atoms with van der Waals surface area (Å²) >= 11 is 0. The minimum absolute atomic E-state index is 0.150. The van der Waals surface area contributed by atoms with Gasteiger partial charge in [0.1, 0.15) is 0 Å². The molecule has 12 rings (SSSR count). The van der Waals surface area contributed by atoms with Crippen LogP contribution in [0.25, 0.3) is 71.6 Å². The molecule has 0 aliphatic heterocycles. The zero-order valence-corrected chi connectivity index (χ0v) is 34.4. The summed E-state index contributed by atoms with van der Waals surface area (Å²) in [6, 6.07) is 72.4. The molecule has 0 saturated heterocycles. The first kappa shape index (κ1) is 34.8. The summed E-state index contributed by atoms with van der Waals surface area (Å²) in [5, 5.41) is 4.92. The molecule has 2 aliphatic rings. The van der Waals surface area contributed by atoms with E-state index in [1.807, 2.05) is 0 Å². The van der Waals surface area contributed by atoms with E-state index in [1.165, 1.54) is 99.6 Å². The van der Waals surface area contributed by atoms with Gasteiger partial charge in [0.25, 0.3) is 0 Å². The van der Waals surface area contributed by atoms with Gasteiger partial charge < -0.3 is 9.47 Å². The summed E-state index contributed by atoms with van der Waals surface area (Å²) in [5.74, 6) is 0. The maximum Gasteiger partial charge on any atom is 0.0567 e. The first-order valence-corrected chi connectivity index (χ1v) is 21.2. The van der Waals surface area contributed by atoms with E-state index in [9.17, 15) is 0 Å². The van der Waals surface area contributed by atoms with Crippen molar-refractivity contribution < 1.29 is 0 Å². The Balaban J connectivity index is 1.25. The molecule has 0 amide bonds. The second-order valence-corrected chi connectivity index (χ2v) is 17.7. The summed E-state index contributed by atoms with van der Waals surface area (Å²) in [5.41, 5.74) is 19.8. The average molecular weight is 769 g/mol. The molecule has 60 heavy (non-hydrogen) atoms. The predicted octanol–water partition coefficient (Wildman–Crippen LogP) is 15.7. The molecular formula is C58H44N2. The summed E-state index contributed by atoms with van der Waals surface area (Å²) in [6.07, 6.45) is 0. The van der Waals surface area contributed by atoms with Crippen molar-refractivity contribution in [2.24, 2.45) is 0 Å². The lowest BCUT2D eigenvalue weighted by atomic mass is 9.82. The van der Waals surface area contributed by atoms with Crippen LogP contribution in [0.5, 0.6) is 0 Å². The Morgan fingerprint density at radius 1 is 0.400 bits per heavy atom. The lowest BCUT2D eigenvalue weighted by Crippen LogP contribution is -2.17. The van der Waals surface area contributed by atoms with Crippen LogP contribution >= 0.6 is 0 Å². The quantitative estimate of drug-likeness (QED) is 0.169. The van der Waals surface area contributed by atoms with Crippen LogP contribution in [0.3, 0.4) is 0 Å². The van der Waals surface area contributed by atoms with E-state index in [2.05, 4.69) is 231 Å². The van der Waals surface area contributed by atoms with Crippen LogP contribution in [0.4, 0.5) is 17.1 Å². The molecule has 1 heterocycles. The lowest BCUT2D eigenvalue weighted by molar-refractivity contribution is 0.660. The second-order valence-electron chi connectivity index (χ2n) is 17.7. The number of rotatable bonds is 5. The maximum atomic E-state index is 2.60. The number of fused-ring (bicyclic) bond motifs is 10. The third-order valence-corrected chi connectivity index (χ3v) is 13.8. The van der Waals surface area contributed by atoms with Crippen LogP contribution < -0.4 is 4.90 Å². The van der Waals surface area contributed by atoms with Crippen molar-refractivity contribution in [3.63, 3.8) is 0 Å². The van der Waals surface area contributed by atoms with E-state index < -0.39 is 0 Å². The highest BCUT2D eigenvalue weighted by Gasteiger charge is 2.41. The van der Waals surface area contributed by atoms with Crippen molar-refractivity contribution in [3.8, 4) is 39.1 Å². The minimum atomic E-state index is -0.150. The number of hydrogen-bond donors (Lipinski definition) is 0. The van der Waals surface area contributed by atoms with Gasteiger partial charge in [0, 0.05) is 43.8 Å². The summed E-state index contributed by atoms with van der Waals surface area (Å²) < 4.78 is 2.52. The van der Waals surface area contributed by atoms with Gasteiger partial charge in [-0.05, 0) is 86.3 Å². The molecule has 286 valence electrons. The molecule has 0 spiro atoms. The number of anilines is 3. The van der Waals surface area contributed by atoms with E-state index in [0.29, 0.717) is 0 Å². The zero-order valence-electron chi connectivity index (χ0n) is 34.4. The molecule has 2 heteroatoms. The predicted molar refractivity (Wildman–Crippen MR) is 254 cm³/mol. The van der Waals surface area contributed by atoms with Crippen molar-refractivity contribution in [3.05, 3.63) is 216 Å². The zero-order chi connectivity index (χ0) is 40.3. The average Bonchev–Trinajstić information content (AvgIpc) is 3.84. The third kappa shape index (κ3) is 4.76. The van der Waals surface area contributed by atoms with Crippen LogP contribution in [0.15, 0.2) is 194 Å². The number of nitrogens with zero attached hydrogens (tertiary/aromatic N) is 2. The van der Waals surface area contributed by atoms with Crippen LogP contribution in [-0.4, -0.2) is 4.57 Å². The van der Waals surface area contributed by atoms with E-state index in [0.717, 1.165) is 11.4 Å². The number of benzene rings is 9. The fraction of sp³-hybridized carbons (Fsp3) is 0.103. The summed E-state index contributed by atoms with van der Waals surface area (Å²) in [6.45, 7) is 9.52. The van der Waals surface area contributed by atoms with E-state index in [-0.39, 0.29) is 10.8 Å². The SMILES string of the molecule is CC1(C)c2ccccc2-c2c(N(c3cc(-n4c5ccccc5c5ccccc54)c4c(-c5ccccc5)cccc4c3)c3cccc4c3-c3ccccc3C4(C)C)cccc21. The largest absolute Gasteiger partial charge is 0.309 e. The Morgan fingerprint density at radius 3 is 1.45 bits per heavy atom. The Morgan fingerprint density at radius 2 is 0.867 bits per heavy atom. The van der Waals surface area contributed by atoms with E-state index >= 15 is 0 Å². The van der Waals surface area contributed by atoms with Gasteiger partial charge in [-0.1, -0.05) is 185 Å². The molecule has 2 aliphatic carbocycles. The van der Waals surface area contributed by atoms with Crippen molar-refractivity contribution in [1.82, 2.24) is 4.57 Å². The van der Waals surface area contributed by atoms with Gasteiger partial charge >= 0.3 is 0 Å². The smallest absolute Gasteiger partial charge is 0.0567 e. The number of hydrogen-bond acceptors (Lipinski definition) is 1. The van der Waals surface area contributed by atoms with Crippen LogP contribution in [0, 0.1) is 0 Å². The Bertz CT molecular complexity index is 3220. The van der Waals surface area contributed by atoms with Gasteiger partial charge in [-0.15, -0.1) is 0 Å². The number of para-hydroxylation sites is 2. The molecule has 0 saturated carbocycles. The molecular weight excluding hydrogens is 725 g/mol. The van der Waals surface area contributed by atoms with Gasteiger partial charge in [-0.2, -0.15) is 0 Å². The van der Waals surface area contributed by atoms with E-state index in [4.69, 9.17) is 0 Å². The van der Waals surface area contributed by atoms with E-state index in [1.54, 1.807) is 0 Å². The molecule has 0 N–H and O–H groups in total. The van der Waals surface area contributed by atoms with Crippen molar-refractivity contribution >= 4 is 49.6 Å². The Labute approximate surface area is 351 Å². The molecule has 9 aromatic carbocycles. The fourth-order valence-electron chi connectivity index (χ4n) is 11.0. The third-order valence-electron chi connectivity index (χ3n) is 13.8. The highest BCUT2D eigenvalue weighted by Crippen LogP contribution is 2.58. The highest BCUT2D eigenvalue weighted by molar-refractivity contribution is 6.13. The van der Waals surface area contributed by atoms with Gasteiger partial charge in [0.15, 0.2) is 0 Å². The first-order chi connectivity index (χ1) is 29.3. The van der Waals surface area contributed by atoms with Gasteiger partial charge in [-0.25, -0.2) is 0 Å². The Hall–Kier alpha value is -7.16. The number of aromatic nitrogens is 1. The molecule has 0 unspecified atom stereocenters. The topological polar surface area (TPSA) is 8.17 Å². The van der Waals surface area contributed by atoms with Crippen molar-refractivity contribution in [1.29, 1.82) is 0 Å². The molecule has 0 radical (unpaired) electrons. The summed E-state index contributed by atoms with van der Waals surface area (Å²) in [7, 11) is 0. The van der Waals surface area contributed by atoms with Crippen LogP contribution in [-0.2, 0) is 10.8 Å². The standard InChI is InChI=1S/C58H44N2/c1-57(2)45-27-12-8-24-43(45)55-47(57)29-17-33-51(55)59(52-34-18-30-48-56(52)44-25-9-13-28-46(44)58(48,3)4)39-35-38-21-16-26-40(37-19-6-5-7-20-37)54(38)53(36-39)60-49-31-14-10-22-41(49)42-23-11-15-32-50(42)60/h5-36H,1-4H3. The van der Waals surface area contributed by atoms with Gasteiger partial charge in [0.05, 0.1) is 28.1 Å². The monoisotopic (exact) mass is 768 g/mol. The van der Waals surface area contributed by atoms with Crippen molar-refractivity contribution in [2.75, 3.05) is 4.90 Å². The van der Waals surface area contributed by atoms with Gasteiger partial charge in [0.2, 0.25) is 0 Å². The summed E-state index contributed by atoms with van der Waals surface area (Å²) in [4.78, 5) is 2.60.